The standard InChI is InChI=1S/C17H22N4O2/c1-13-3-5-14(6-4-13)16(18)17(22)20-9-10-23-15(11-20)12-21-8-2-7-19-21/h2-8,15-16H,9-12,18H2,1H3. The number of carbonyl (C=O) groups is 1. The third kappa shape index (κ3) is 3.78. The maximum absolute atomic E-state index is 12.7. The van der Waals surface area contributed by atoms with Gasteiger partial charge in [-0.25, -0.2) is 0 Å². The van der Waals surface area contributed by atoms with Crippen molar-refractivity contribution in [1.29, 1.82) is 0 Å². The second kappa shape index (κ2) is 6.93. The molecule has 3 rings (SSSR count). The molecule has 1 aromatic carbocycles. The summed E-state index contributed by atoms with van der Waals surface area (Å²) in [6.07, 6.45) is 3.57. The molecule has 0 aliphatic carbocycles. The van der Waals surface area contributed by atoms with Crippen molar-refractivity contribution in [2.75, 3.05) is 19.7 Å². The number of ether oxygens (including phenoxy) is 1. The fourth-order valence-electron chi connectivity index (χ4n) is 2.76. The highest BCUT2D eigenvalue weighted by Crippen LogP contribution is 2.17. The van der Waals surface area contributed by atoms with Crippen molar-refractivity contribution in [2.45, 2.75) is 25.6 Å². The molecule has 2 N–H and O–H groups in total. The number of benzene rings is 1. The summed E-state index contributed by atoms with van der Waals surface area (Å²) in [7, 11) is 0. The van der Waals surface area contributed by atoms with Crippen LogP contribution in [0.3, 0.4) is 0 Å². The zero-order valence-corrected chi connectivity index (χ0v) is 13.3. The number of aromatic nitrogens is 2. The largest absolute Gasteiger partial charge is 0.373 e. The molecule has 2 heterocycles. The first-order valence-electron chi connectivity index (χ1n) is 7.83. The molecule has 1 fully saturated rings. The van der Waals surface area contributed by atoms with Gasteiger partial charge in [-0.3, -0.25) is 9.48 Å². The molecule has 1 saturated heterocycles. The van der Waals surface area contributed by atoms with Crippen LogP contribution in [0.2, 0.25) is 0 Å². The van der Waals surface area contributed by atoms with E-state index < -0.39 is 6.04 Å². The van der Waals surface area contributed by atoms with E-state index in [1.807, 2.05) is 48.1 Å². The first-order chi connectivity index (χ1) is 11.1. The summed E-state index contributed by atoms with van der Waals surface area (Å²) in [5, 5.41) is 4.18. The number of carbonyl (C=O) groups excluding carboxylic acids is 1. The fourth-order valence-corrected chi connectivity index (χ4v) is 2.76. The molecule has 6 heteroatoms. The zero-order chi connectivity index (χ0) is 16.2. The van der Waals surface area contributed by atoms with Crippen LogP contribution in [0.5, 0.6) is 0 Å². The summed E-state index contributed by atoms with van der Waals surface area (Å²) in [6, 6.07) is 9.03. The average Bonchev–Trinajstić information content (AvgIpc) is 3.07. The lowest BCUT2D eigenvalue weighted by atomic mass is 10.0. The molecule has 2 aromatic rings. The average molecular weight is 314 g/mol. The van der Waals surface area contributed by atoms with Crippen molar-refractivity contribution in [3.8, 4) is 0 Å². The minimum atomic E-state index is -0.626. The molecule has 1 amide bonds. The molecule has 1 aliphatic heterocycles. The van der Waals surface area contributed by atoms with E-state index in [9.17, 15) is 4.79 Å². The third-order valence-electron chi connectivity index (χ3n) is 4.10. The summed E-state index contributed by atoms with van der Waals surface area (Å²) in [4.78, 5) is 14.4. The van der Waals surface area contributed by atoms with Gasteiger partial charge in [-0.05, 0) is 18.6 Å². The van der Waals surface area contributed by atoms with Crippen molar-refractivity contribution in [2.24, 2.45) is 5.73 Å². The highest BCUT2D eigenvalue weighted by atomic mass is 16.5. The summed E-state index contributed by atoms with van der Waals surface area (Å²) in [6.45, 7) is 4.29. The van der Waals surface area contributed by atoms with Crippen LogP contribution < -0.4 is 5.73 Å². The molecule has 23 heavy (non-hydrogen) atoms. The number of nitrogens with zero attached hydrogens (tertiary/aromatic N) is 3. The Hall–Kier alpha value is -2.18. The van der Waals surface area contributed by atoms with Gasteiger partial charge in [0.05, 0.1) is 19.3 Å². The second-order valence-corrected chi connectivity index (χ2v) is 5.89. The minimum absolute atomic E-state index is 0.0531. The van der Waals surface area contributed by atoms with Crippen LogP contribution in [0, 0.1) is 6.92 Å². The number of nitrogens with two attached hydrogens (primary N) is 1. The molecule has 1 aliphatic rings. The van der Waals surface area contributed by atoms with Crippen LogP contribution in [-0.4, -0.2) is 46.4 Å². The van der Waals surface area contributed by atoms with Gasteiger partial charge in [0, 0.05) is 25.5 Å². The first-order valence-corrected chi connectivity index (χ1v) is 7.83. The van der Waals surface area contributed by atoms with Gasteiger partial charge in [0.1, 0.15) is 6.04 Å². The Bertz CT molecular complexity index is 639. The van der Waals surface area contributed by atoms with Crippen LogP contribution in [0.15, 0.2) is 42.7 Å². The molecular weight excluding hydrogens is 292 g/mol. The molecule has 0 bridgehead atoms. The summed E-state index contributed by atoms with van der Waals surface area (Å²) < 4.78 is 7.56. The van der Waals surface area contributed by atoms with E-state index >= 15 is 0 Å². The predicted octanol–water partition coefficient (Wildman–Crippen LogP) is 1.12. The van der Waals surface area contributed by atoms with Crippen molar-refractivity contribution in [3.05, 3.63) is 53.9 Å². The van der Waals surface area contributed by atoms with E-state index in [2.05, 4.69) is 5.10 Å². The van der Waals surface area contributed by atoms with Gasteiger partial charge in [0.25, 0.3) is 0 Å². The van der Waals surface area contributed by atoms with Gasteiger partial charge in [-0.1, -0.05) is 29.8 Å². The highest BCUT2D eigenvalue weighted by molar-refractivity contribution is 5.83. The van der Waals surface area contributed by atoms with Crippen LogP contribution in [0.25, 0.3) is 0 Å². The van der Waals surface area contributed by atoms with Crippen molar-refractivity contribution in [1.82, 2.24) is 14.7 Å². The Balaban J connectivity index is 1.63. The first kappa shape index (κ1) is 15.7. The van der Waals surface area contributed by atoms with Gasteiger partial charge in [-0.15, -0.1) is 0 Å². The molecule has 0 radical (unpaired) electrons. The number of morpholine rings is 1. The Morgan fingerprint density at radius 2 is 2.22 bits per heavy atom. The van der Waals surface area contributed by atoms with Gasteiger partial charge in [-0.2, -0.15) is 5.10 Å². The molecule has 122 valence electrons. The summed E-state index contributed by atoms with van der Waals surface area (Å²) in [5.41, 5.74) is 8.15. The number of amides is 1. The number of hydrogen-bond donors (Lipinski definition) is 1. The van der Waals surface area contributed by atoms with Crippen molar-refractivity contribution in [3.63, 3.8) is 0 Å². The van der Waals surface area contributed by atoms with E-state index in [0.29, 0.717) is 26.2 Å². The van der Waals surface area contributed by atoms with E-state index in [0.717, 1.165) is 11.1 Å². The van der Waals surface area contributed by atoms with Gasteiger partial charge in [0.15, 0.2) is 0 Å². The van der Waals surface area contributed by atoms with E-state index in [1.165, 1.54) is 0 Å². The maximum atomic E-state index is 12.7. The topological polar surface area (TPSA) is 73.4 Å². The summed E-state index contributed by atoms with van der Waals surface area (Å²) >= 11 is 0. The van der Waals surface area contributed by atoms with Crippen LogP contribution in [0.4, 0.5) is 0 Å². The molecule has 6 nitrogen and oxygen atoms in total. The number of aryl methyl sites for hydroxylation is 1. The van der Waals surface area contributed by atoms with Crippen molar-refractivity contribution >= 4 is 5.91 Å². The van der Waals surface area contributed by atoms with Gasteiger partial charge >= 0.3 is 0 Å². The quantitative estimate of drug-likeness (QED) is 0.918. The van der Waals surface area contributed by atoms with Crippen LogP contribution >= 0.6 is 0 Å². The number of hydrogen-bond acceptors (Lipinski definition) is 4. The van der Waals surface area contributed by atoms with E-state index in [1.54, 1.807) is 11.1 Å². The monoisotopic (exact) mass is 314 g/mol. The lowest BCUT2D eigenvalue weighted by Gasteiger charge is -2.34. The molecule has 2 unspecified atom stereocenters. The minimum Gasteiger partial charge on any atom is -0.373 e. The zero-order valence-electron chi connectivity index (χ0n) is 13.3. The third-order valence-corrected chi connectivity index (χ3v) is 4.10. The maximum Gasteiger partial charge on any atom is 0.244 e. The lowest BCUT2D eigenvalue weighted by molar-refractivity contribution is -0.140. The molecule has 1 aromatic heterocycles. The van der Waals surface area contributed by atoms with Crippen molar-refractivity contribution < 1.29 is 9.53 Å². The van der Waals surface area contributed by atoms with Crippen LogP contribution in [0.1, 0.15) is 17.2 Å². The Morgan fingerprint density at radius 3 is 2.91 bits per heavy atom. The predicted molar refractivity (Wildman–Crippen MR) is 86.7 cm³/mol. The smallest absolute Gasteiger partial charge is 0.244 e. The lowest BCUT2D eigenvalue weighted by Crippen LogP contribution is -2.49. The number of rotatable bonds is 4. The highest BCUT2D eigenvalue weighted by Gasteiger charge is 2.28. The molecule has 0 spiro atoms. The Morgan fingerprint density at radius 1 is 1.43 bits per heavy atom. The summed E-state index contributed by atoms with van der Waals surface area (Å²) in [5.74, 6) is -0.0531. The fraction of sp³-hybridized carbons (Fsp3) is 0.412. The van der Waals surface area contributed by atoms with Gasteiger partial charge in [0.2, 0.25) is 5.91 Å². The molecular formula is C17H22N4O2. The SMILES string of the molecule is Cc1ccc(C(N)C(=O)N2CCOC(Cn3cccn3)C2)cc1. The Labute approximate surface area is 135 Å². The van der Waals surface area contributed by atoms with E-state index in [4.69, 9.17) is 10.5 Å². The van der Waals surface area contributed by atoms with Crippen LogP contribution in [-0.2, 0) is 16.1 Å². The normalized spacial score (nSPS) is 19.6. The molecule has 2 atom stereocenters. The second-order valence-electron chi connectivity index (χ2n) is 5.89. The molecule has 0 saturated carbocycles. The van der Waals surface area contributed by atoms with Gasteiger partial charge < -0.3 is 15.4 Å². The Kier molecular flexibility index (Phi) is 4.73. The van der Waals surface area contributed by atoms with E-state index in [-0.39, 0.29) is 12.0 Å².